The van der Waals surface area contributed by atoms with Crippen LogP contribution in [0, 0.1) is 31.1 Å². The molecule has 0 bridgehead atoms. The van der Waals surface area contributed by atoms with Crippen molar-refractivity contribution in [1.29, 1.82) is 0 Å². The largest absolute Gasteiger partial charge is 0.550 e. The van der Waals surface area contributed by atoms with Gasteiger partial charge in [-0.1, -0.05) is 49.2 Å². The second-order valence-corrected chi connectivity index (χ2v) is 12.2. The van der Waals surface area contributed by atoms with Gasteiger partial charge in [-0.15, -0.1) is 0 Å². The van der Waals surface area contributed by atoms with Crippen LogP contribution in [-0.2, 0) is 29.0 Å². The average molecular weight is 597 g/mol. The minimum absolute atomic E-state index is 0.0453. The first kappa shape index (κ1) is 31.8. The lowest BCUT2D eigenvalue weighted by Gasteiger charge is -2.46. The molecule has 10 nitrogen and oxygen atoms in total. The average Bonchev–Trinajstić information content (AvgIpc) is 2.99. The van der Waals surface area contributed by atoms with E-state index in [1.54, 1.807) is 36.4 Å². The maximum Gasteiger partial charge on any atom is 0.550 e. The number of ether oxygens (including phenoxy) is 2. The second-order valence-electron chi connectivity index (χ2n) is 12.2. The van der Waals surface area contributed by atoms with Gasteiger partial charge in [0.25, 0.3) is 0 Å². The van der Waals surface area contributed by atoms with Crippen molar-refractivity contribution in [3.05, 3.63) is 70.8 Å². The monoisotopic (exact) mass is 596 g/mol. The first-order valence-corrected chi connectivity index (χ1v) is 14.8. The second kappa shape index (κ2) is 14.4. The summed E-state index contributed by atoms with van der Waals surface area (Å²) >= 11 is 0. The number of hydrogen-bond acceptors (Lipinski definition) is 10. The Bertz CT molecular complexity index is 1190. The Kier molecular flexibility index (Phi) is 10.7. The Morgan fingerprint density at radius 2 is 0.953 bits per heavy atom. The fraction of sp³-hybridized carbons (Fsp3) is 0.515. The van der Waals surface area contributed by atoms with E-state index in [9.17, 15) is 19.2 Å². The third-order valence-corrected chi connectivity index (χ3v) is 8.86. The van der Waals surface area contributed by atoms with Crippen LogP contribution >= 0.6 is 0 Å². The van der Waals surface area contributed by atoms with Crippen molar-refractivity contribution in [2.75, 3.05) is 0 Å². The van der Waals surface area contributed by atoms with Crippen molar-refractivity contribution in [3.63, 3.8) is 0 Å². The maximum absolute atomic E-state index is 12.1. The van der Waals surface area contributed by atoms with E-state index in [-0.39, 0.29) is 28.7 Å². The number of aryl methyl sites for hydroxylation is 2. The summed E-state index contributed by atoms with van der Waals surface area (Å²) in [5.74, 6) is -0.638. The van der Waals surface area contributed by atoms with E-state index in [2.05, 4.69) is 33.4 Å². The van der Waals surface area contributed by atoms with Crippen LogP contribution in [0.4, 0.5) is 9.59 Å². The summed E-state index contributed by atoms with van der Waals surface area (Å²) in [6.07, 6.45) is 3.71. The lowest BCUT2D eigenvalue weighted by atomic mass is 9.60. The van der Waals surface area contributed by atoms with Crippen molar-refractivity contribution < 1.29 is 48.2 Å². The van der Waals surface area contributed by atoms with Crippen LogP contribution in [0.25, 0.3) is 0 Å². The predicted molar refractivity (Wildman–Crippen MR) is 154 cm³/mol. The molecule has 4 rings (SSSR count). The Labute approximate surface area is 251 Å². The lowest BCUT2D eigenvalue weighted by molar-refractivity contribution is -0.209. The quantitative estimate of drug-likeness (QED) is 0.187. The molecule has 0 amide bonds. The van der Waals surface area contributed by atoms with Gasteiger partial charge in [-0.3, -0.25) is 0 Å². The molecule has 0 N–H and O–H groups in total. The highest BCUT2D eigenvalue weighted by Crippen LogP contribution is 2.49. The smallest absolute Gasteiger partial charge is 0.428 e. The molecule has 0 heterocycles. The van der Waals surface area contributed by atoms with Crippen LogP contribution in [-0.4, -0.2) is 36.5 Å². The molecule has 0 aromatic heterocycles. The third kappa shape index (κ3) is 8.95. The highest BCUT2D eigenvalue weighted by Gasteiger charge is 2.41. The van der Waals surface area contributed by atoms with Gasteiger partial charge in [0.05, 0.1) is 11.1 Å². The molecule has 43 heavy (non-hydrogen) atoms. The third-order valence-electron chi connectivity index (χ3n) is 8.86. The van der Waals surface area contributed by atoms with Crippen molar-refractivity contribution in [3.8, 4) is 0 Å². The summed E-state index contributed by atoms with van der Waals surface area (Å²) in [4.78, 5) is 66.9. The fourth-order valence-electron chi connectivity index (χ4n) is 6.28. The SMILES string of the molecule is Cc1cccc(C(=O)OOC(=O)OC2CCC(C(C)(C)C3CCC(OC(=O)OOC(=O)c4cccc(C)c4)CC3)CC2)c1. The Hall–Kier alpha value is -4.08. The summed E-state index contributed by atoms with van der Waals surface area (Å²) in [6, 6.07) is 13.6. The van der Waals surface area contributed by atoms with Crippen LogP contribution in [0.3, 0.4) is 0 Å². The minimum Gasteiger partial charge on any atom is -0.428 e. The van der Waals surface area contributed by atoms with E-state index in [4.69, 9.17) is 9.47 Å². The molecule has 232 valence electrons. The van der Waals surface area contributed by atoms with Crippen LogP contribution < -0.4 is 0 Å². The summed E-state index contributed by atoms with van der Waals surface area (Å²) in [7, 11) is 0. The van der Waals surface area contributed by atoms with E-state index in [0.717, 1.165) is 36.8 Å². The summed E-state index contributed by atoms with van der Waals surface area (Å²) in [5.41, 5.74) is 2.39. The van der Waals surface area contributed by atoms with Gasteiger partial charge >= 0.3 is 24.2 Å². The molecule has 0 spiro atoms. The van der Waals surface area contributed by atoms with E-state index in [0.29, 0.717) is 37.5 Å². The molecule has 0 radical (unpaired) electrons. The van der Waals surface area contributed by atoms with Gasteiger partial charge < -0.3 is 9.47 Å². The molecule has 2 aromatic carbocycles. The topological polar surface area (TPSA) is 124 Å². The van der Waals surface area contributed by atoms with E-state index < -0.39 is 24.2 Å². The van der Waals surface area contributed by atoms with Gasteiger partial charge in [-0.2, -0.15) is 9.59 Å². The Balaban J connectivity index is 1.13. The molecule has 0 aliphatic heterocycles. The minimum atomic E-state index is -1.02. The van der Waals surface area contributed by atoms with Gasteiger partial charge in [0.15, 0.2) is 0 Å². The summed E-state index contributed by atoms with van der Waals surface area (Å²) in [6.45, 7) is 8.25. The van der Waals surface area contributed by atoms with E-state index >= 15 is 0 Å². The first-order chi connectivity index (χ1) is 20.5. The molecular weight excluding hydrogens is 556 g/mol. The van der Waals surface area contributed by atoms with Gasteiger partial charge in [0.1, 0.15) is 12.2 Å². The van der Waals surface area contributed by atoms with Crippen molar-refractivity contribution in [1.82, 2.24) is 0 Å². The Morgan fingerprint density at radius 3 is 1.30 bits per heavy atom. The molecule has 10 heteroatoms. The molecule has 0 saturated heterocycles. The summed E-state index contributed by atoms with van der Waals surface area (Å²) in [5, 5.41) is 0. The number of carbonyl (C=O) groups excluding carboxylic acids is 4. The molecule has 2 fully saturated rings. The molecule has 0 unspecified atom stereocenters. The van der Waals surface area contributed by atoms with Crippen LogP contribution in [0.15, 0.2) is 48.5 Å². The van der Waals surface area contributed by atoms with E-state index in [1.165, 1.54) is 0 Å². The molecular formula is C33H40O10. The molecule has 2 aromatic rings. The van der Waals surface area contributed by atoms with Crippen molar-refractivity contribution in [2.24, 2.45) is 17.3 Å². The number of rotatable bonds is 6. The van der Waals surface area contributed by atoms with Crippen LogP contribution in [0.2, 0.25) is 0 Å². The van der Waals surface area contributed by atoms with Crippen molar-refractivity contribution >= 4 is 24.2 Å². The zero-order valence-electron chi connectivity index (χ0n) is 25.2. The highest BCUT2D eigenvalue weighted by atomic mass is 17.2. The van der Waals surface area contributed by atoms with Gasteiger partial charge in [0.2, 0.25) is 0 Å². The van der Waals surface area contributed by atoms with Gasteiger partial charge in [-0.05, 0) is 107 Å². The van der Waals surface area contributed by atoms with Crippen LogP contribution in [0.1, 0.15) is 97.1 Å². The number of carbonyl (C=O) groups is 4. The van der Waals surface area contributed by atoms with Crippen molar-refractivity contribution in [2.45, 2.75) is 91.3 Å². The maximum atomic E-state index is 12.1. The standard InChI is InChI=1S/C33H40O10/c1-21-7-5-9-23(19-21)29(34)40-42-31(36)38-27-15-11-25(12-16-27)33(3,4)26-13-17-28(18-14-26)39-32(37)43-41-30(35)24-10-6-8-22(2)20-24/h5-10,19-20,25-28H,11-18H2,1-4H3. The summed E-state index contributed by atoms with van der Waals surface area (Å²) < 4.78 is 10.8. The zero-order chi connectivity index (χ0) is 31.0. The number of hydrogen-bond donors (Lipinski definition) is 0. The molecule has 0 atom stereocenters. The number of benzene rings is 2. The van der Waals surface area contributed by atoms with Gasteiger partial charge in [-0.25, -0.2) is 29.1 Å². The normalized spacial score (nSPS) is 22.0. The highest BCUT2D eigenvalue weighted by molar-refractivity contribution is 5.90. The van der Waals surface area contributed by atoms with E-state index in [1.807, 2.05) is 26.0 Å². The Morgan fingerprint density at radius 1 is 0.581 bits per heavy atom. The first-order valence-electron chi connectivity index (χ1n) is 14.8. The molecule has 2 saturated carbocycles. The fourth-order valence-corrected chi connectivity index (χ4v) is 6.28. The predicted octanol–water partition coefficient (Wildman–Crippen LogP) is 7.60. The van der Waals surface area contributed by atoms with Crippen LogP contribution in [0.5, 0.6) is 0 Å². The molecule has 2 aliphatic rings. The lowest BCUT2D eigenvalue weighted by Crippen LogP contribution is -2.39. The zero-order valence-corrected chi connectivity index (χ0v) is 25.2. The molecule has 2 aliphatic carbocycles. The van der Waals surface area contributed by atoms with Gasteiger partial charge in [0, 0.05) is 0 Å².